The number of aryl methyl sites for hydroxylation is 1. The van der Waals surface area contributed by atoms with E-state index in [9.17, 15) is 18.9 Å². The van der Waals surface area contributed by atoms with Crippen LogP contribution in [0.25, 0.3) is 22.3 Å². The molecule has 194 valence electrons. The first kappa shape index (κ1) is 25.7. The molecule has 37 heavy (non-hydrogen) atoms. The van der Waals surface area contributed by atoms with E-state index < -0.39 is 11.5 Å². The summed E-state index contributed by atoms with van der Waals surface area (Å²) in [6.07, 6.45) is 5.09. The fourth-order valence-electron chi connectivity index (χ4n) is 3.89. The fourth-order valence-corrected chi connectivity index (χ4v) is 3.89. The van der Waals surface area contributed by atoms with Crippen LogP contribution in [0.3, 0.4) is 0 Å². The van der Waals surface area contributed by atoms with E-state index >= 15 is 0 Å². The van der Waals surface area contributed by atoms with Gasteiger partial charge in [-0.15, -0.1) is 0 Å². The lowest BCUT2D eigenvalue weighted by molar-refractivity contribution is -0.383. The second-order valence-corrected chi connectivity index (χ2v) is 8.53. The Kier molecular flexibility index (Phi) is 7.43. The molecule has 0 bridgehead atoms. The second kappa shape index (κ2) is 10.7. The van der Waals surface area contributed by atoms with Crippen molar-refractivity contribution in [3.8, 4) is 17.0 Å². The molecular weight excluding hydrogens is 486 g/mol. The number of hydrogen-bond acceptors (Lipinski definition) is 9. The molecule has 0 unspecified atom stereocenters. The van der Waals surface area contributed by atoms with Gasteiger partial charge in [-0.25, -0.2) is 9.97 Å². The monoisotopic (exact) mass is 512 g/mol. The summed E-state index contributed by atoms with van der Waals surface area (Å²) in [5.41, 5.74) is 2.74. The first-order chi connectivity index (χ1) is 17.7. The lowest BCUT2D eigenvalue weighted by Crippen LogP contribution is -2.21. The minimum Gasteiger partial charge on any atom is -0.433 e. The van der Waals surface area contributed by atoms with Crippen LogP contribution < -0.4 is 15.0 Å². The molecule has 1 aromatic carbocycles. The molecule has 0 aliphatic rings. The number of benzene rings is 1. The number of pyridine rings is 1. The molecule has 4 rings (SSSR count). The molecule has 0 saturated heterocycles. The second-order valence-electron chi connectivity index (χ2n) is 8.53. The third-order valence-electron chi connectivity index (χ3n) is 5.69. The number of rotatable bonds is 10. The van der Waals surface area contributed by atoms with Crippen LogP contribution >= 0.6 is 0 Å². The van der Waals surface area contributed by atoms with Crippen molar-refractivity contribution in [2.45, 2.75) is 6.61 Å². The Morgan fingerprint density at radius 2 is 1.97 bits per heavy atom. The molecule has 0 aliphatic heterocycles. The number of anilines is 3. The van der Waals surface area contributed by atoms with Gasteiger partial charge in [0.05, 0.1) is 27.3 Å². The number of likely N-dealkylation sites (N-methyl/N-ethyl adjacent to an activating group) is 1. The van der Waals surface area contributed by atoms with Gasteiger partial charge in [-0.3, -0.25) is 15.1 Å². The fraction of sp³-hybridized carbons (Fsp3) is 0.292. The average molecular weight is 513 g/mol. The number of halogens is 2. The zero-order chi connectivity index (χ0) is 26.7. The van der Waals surface area contributed by atoms with Gasteiger partial charge >= 0.3 is 6.61 Å². The van der Waals surface area contributed by atoms with Crippen LogP contribution in [0.5, 0.6) is 5.75 Å². The molecular formula is C24H26F2N8O3. The molecule has 3 heterocycles. The Morgan fingerprint density at radius 3 is 2.68 bits per heavy atom. The highest BCUT2D eigenvalue weighted by molar-refractivity contribution is 5.92. The normalized spacial score (nSPS) is 11.4. The van der Waals surface area contributed by atoms with Crippen molar-refractivity contribution in [3.63, 3.8) is 0 Å². The van der Waals surface area contributed by atoms with Crippen LogP contribution in [0.15, 0.2) is 48.9 Å². The van der Waals surface area contributed by atoms with Crippen LogP contribution in [-0.4, -0.2) is 70.2 Å². The first-order valence-corrected chi connectivity index (χ1v) is 11.3. The molecule has 4 aromatic rings. The van der Waals surface area contributed by atoms with Crippen molar-refractivity contribution in [3.05, 3.63) is 59.0 Å². The van der Waals surface area contributed by atoms with Gasteiger partial charge in [-0.2, -0.15) is 8.78 Å². The van der Waals surface area contributed by atoms with Gasteiger partial charge in [0, 0.05) is 63.5 Å². The smallest absolute Gasteiger partial charge is 0.387 e. The number of alkyl halides is 2. The van der Waals surface area contributed by atoms with Crippen molar-refractivity contribution < 1.29 is 18.4 Å². The minimum absolute atomic E-state index is 0.0124. The molecule has 0 atom stereocenters. The van der Waals surface area contributed by atoms with Gasteiger partial charge in [0.25, 0.3) is 5.69 Å². The SMILES string of the molecule is CN(C)CCNc1cc(OC(F)F)c(N(C)c2nccc(-c3cn(C)c4cccnc34)n2)cc1[N+](=O)[O-]. The lowest BCUT2D eigenvalue weighted by atomic mass is 10.2. The maximum atomic E-state index is 13.3. The summed E-state index contributed by atoms with van der Waals surface area (Å²) in [4.78, 5) is 27.8. The van der Waals surface area contributed by atoms with Crippen molar-refractivity contribution in [2.24, 2.45) is 7.05 Å². The third-order valence-corrected chi connectivity index (χ3v) is 5.69. The average Bonchev–Trinajstić information content (AvgIpc) is 3.20. The summed E-state index contributed by atoms with van der Waals surface area (Å²) in [7, 11) is 7.11. The third kappa shape index (κ3) is 5.56. The van der Waals surface area contributed by atoms with Crippen LogP contribution in [0.4, 0.5) is 31.8 Å². The van der Waals surface area contributed by atoms with Gasteiger partial charge < -0.3 is 24.4 Å². The van der Waals surface area contributed by atoms with Crippen molar-refractivity contribution in [2.75, 3.05) is 44.4 Å². The van der Waals surface area contributed by atoms with E-state index in [1.54, 1.807) is 12.3 Å². The molecule has 13 heteroatoms. The highest BCUT2D eigenvalue weighted by Gasteiger charge is 2.25. The van der Waals surface area contributed by atoms with Gasteiger partial charge in [-0.05, 0) is 32.3 Å². The topological polar surface area (TPSA) is 114 Å². The summed E-state index contributed by atoms with van der Waals surface area (Å²) in [5, 5.41) is 14.8. The summed E-state index contributed by atoms with van der Waals surface area (Å²) in [6.45, 7) is -2.20. The Morgan fingerprint density at radius 1 is 1.19 bits per heavy atom. The van der Waals surface area contributed by atoms with Crippen molar-refractivity contribution in [1.29, 1.82) is 0 Å². The summed E-state index contributed by atoms with van der Waals surface area (Å²) < 4.78 is 33.3. The Bertz CT molecular complexity index is 1430. The molecule has 0 amide bonds. The number of hydrogen-bond donors (Lipinski definition) is 1. The highest BCUT2D eigenvalue weighted by Crippen LogP contribution is 2.41. The molecule has 0 fully saturated rings. The number of nitrogens with one attached hydrogen (secondary N) is 1. The van der Waals surface area contributed by atoms with Crippen LogP contribution in [0.1, 0.15) is 0 Å². The quantitative estimate of drug-likeness (QED) is 0.246. The van der Waals surface area contributed by atoms with E-state index in [2.05, 4.69) is 20.3 Å². The number of nitro benzene ring substituents is 1. The van der Waals surface area contributed by atoms with Crippen molar-refractivity contribution in [1.82, 2.24) is 24.4 Å². The van der Waals surface area contributed by atoms with Crippen LogP contribution in [-0.2, 0) is 7.05 Å². The predicted octanol–water partition coefficient (Wildman–Crippen LogP) is 4.28. The predicted molar refractivity (Wildman–Crippen MR) is 137 cm³/mol. The zero-order valence-corrected chi connectivity index (χ0v) is 20.7. The zero-order valence-electron chi connectivity index (χ0n) is 20.7. The van der Waals surface area contributed by atoms with Gasteiger partial charge in [0.2, 0.25) is 5.95 Å². The van der Waals surface area contributed by atoms with E-state index in [1.807, 2.05) is 48.9 Å². The summed E-state index contributed by atoms with van der Waals surface area (Å²) >= 11 is 0. The maximum Gasteiger partial charge on any atom is 0.387 e. The molecule has 0 aliphatic carbocycles. The number of nitro groups is 1. The lowest BCUT2D eigenvalue weighted by Gasteiger charge is -2.22. The van der Waals surface area contributed by atoms with Gasteiger partial charge in [0.1, 0.15) is 5.69 Å². The maximum absolute atomic E-state index is 13.3. The Labute approximate surface area is 211 Å². The highest BCUT2D eigenvalue weighted by atomic mass is 19.3. The summed E-state index contributed by atoms with van der Waals surface area (Å²) in [6, 6.07) is 7.84. The summed E-state index contributed by atoms with van der Waals surface area (Å²) in [5.74, 6) is -0.122. The number of aromatic nitrogens is 4. The molecule has 0 saturated carbocycles. The minimum atomic E-state index is -3.14. The van der Waals surface area contributed by atoms with E-state index in [1.165, 1.54) is 30.3 Å². The number of ether oxygens (including phenoxy) is 1. The van der Waals surface area contributed by atoms with E-state index in [0.29, 0.717) is 18.8 Å². The van der Waals surface area contributed by atoms with Gasteiger partial charge in [-0.1, -0.05) is 0 Å². The van der Waals surface area contributed by atoms with Crippen LogP contribution in [0.2, 0.25) is 0 Å². The van der Waals surface area contributed by atoms with E-state index in [0.717, 1.165) is 16.6 Å². The standard InChI is InChI=1S/C24H26F2N8O3/c1-31(2)11-10-27-17-12-21(37-23(25)26)20(13-19(17)34(35)36)33(4)24-29-9-7-16(30-24)15-14-32(3)18-6-5-8-28-22(15)18/h5-9,12-14,23,27H,10-11H2,1-4H3. The first-order valence-electron chi connectivity index (χ1n) is 11.3. The molecule has 0 radical (unpaired) electrons. The Balaban J connectivity index is 1.76. The van der Waals surface area contributed by atoms with Gasteiger partial charge in [0.15, 0.2) is 5.75 Å². The number of nitrogens with zero attached hydrogens (tertiary/aromatic N) is 7. The molecule has 0 spiro atoms. The number of fused-ring (bicyclic) bond motifs is 1. The van der Waals surface area contributed by atoms with E-state index in [4.69, 9.17) is 4.74 Å². The molecule has 11 nitrogen and oxygen atoms in total. The molecule has 1 N–H and O–H groups in total. The molecule has 3 aromatic heterocycles. The van der Waals surface area contributed by atoms with Crippen LogP contribution in [0, 0.1) is 10.1 Å². The largest absolute Gasteiger partial charge is 0.433 e. The Hall–Kier alpha value is -4.39. The van der Waals surface area contributed by atoms with E-state index in [-0.39, 0.29) is 28.8 Å². The van der Waals surface area contributed by atoms with Crippen molar-refractivity contribution >= 4 is 34.0 Å².